The first kappa shape index (κ1) is 13.7. The van der Waals surface area contributed by atoms with Gasteiger partial charge in [0.1, 0.15) is 11.4 Å². The highest BCUT2D eigenvalue weighted by Crippen LogP contribution is 2.13. The normalized spacial score (nSPS) is 14.5. The third-order valence-electron chi connectivity index (χ3n) is 3.00. The Hall–Kier alpha value is -1.36. The van der Waals surface area contributed by atoms with Crippen LogP contribution in [0.25, 0.3) is 0 Å². The van der Waals surface area contributed by atoms with Crippen molar-refractivity contribution in [3.05, 3.63) is 18.2 Å². The second-order valence-corrected chi connectivity index (χ2v) is 4.37. The van der Waals surface area contributed by atoms with E-state index in [0.717, 1.165) is 18.8 Å². The van der Waals surface area contributed by atoms with Crippen molar-refractivity contribution in [1.82, 2.24) is 14.9 Å². The van der Waals surface area contributed by atoms with Crippen LogP contribution < -0.4 is 5.32 Å². The van der Waals surface area contributed by atoms with Gasteiger partial charge in [-0.1, -0.05) is 13.3 Å². The predicted molar refractivity (Wildman–Crippen MR) is 65.7 cm³/mol. The number of nitrogens with one attached hydrogen (secondary N) is 1. The Bertz CT molecular complexity index is 376. The summed E-state index contributed by atoms with van der Waals surface area (Å²) in [4.78, 5) is 15.5. The molecule has 1 unspecified atom stereocenters. The summed E-state index contributed by atoms with van der Waals surface area (Å²) in [5.41, 5.74) is -0.876. The average molecular weight is 239 g/mol. The minimum absolute atomic E-state index is 0.476. The first-order valence-corrected chi connectivity index (χ1v) is 6.02. The minimum atomic E-state index is -0.876. The third-order valence-corrected chi connectivity index (χ3v) is 3.00. The van der Waals surface area contributed by atoms with Gasteiger partial charge in [-0.3, -0.25) is 10.1 Å². The van der Waals surface area contributed by atoms with Gasteiger partial charge < -0.3 is 9.67 Å². The largest absolute Gasteiger partial charge is 0.480 e. The van der Waals surface area contributed by atoms with Gasteiger partial charge in [0, 0.05) is 18.9 Å². The topological polar surface area (TPSA) is 67.2 Å². The highest BCUT2D eigenvalue weighted by atomic mass is 16.4. The summed E-state index contributed by atoms with van der Waals surface area (Å²) < 4.78 is 2.00. The zero-order valence-corrected chi connectivity index (χ0v) is 10.7. The molecule has 0 aliphatic heterocycles. The van der Waals surface area contributed by atoms with E-state index in [1.807, 2.05) is 24.6 Å². The molecule has 0 aliphatic rings. The van der Waals surface area contributed by atoms with Crippen molar-refractivity contribution in [1.29, 1.82) is 0 Å². The van der Waals surface area contributed by atoms with Crippen LogP contribution in [0, 0.1) is 0 Å². The summed E-state index contributed by atoms with van der Waals surface area (Å²) in [6.07, 6.45) is 5.07. The van der Waals surface area contributed by atoms with Gasteiger partial charge in [-0.15, -0.1) is 0 Å². The van der Waals surface area contributed by atoms with Crippen molar-refractivity contribution >= 4 is 5.97 Å². The van der Waals surface area contributed by atoms with E-state index in [1.54, 1.807) is 13.1 Å². The quantitative estimate of drug-likeness (QED) is 0.759. The lowest BCUT2D eigenvalue weighted by atomic mass is 9.96. The van der Waals surface area contributed by atoms with Crippen LogP contribution in [0.2, 0.25) is 0 Å². The molecular weight excluding hydrogens is 218 g/mol. The number of aliphatic carboxylic acids is 1. The molecule has 0 amide bonds. The number of rotatable bonds is 7. The maximum Gasteiger partial charge on any atom is 0.323 e. The van der Waals surface area contributed by atoms with Crippen LogP contribution in [0.15, 0.2) is 12.4 Å². The summed E-state index contributed by atoms with van der Waals surface area (Å²) in [6.45, 7) is 7.06. The fraction of sp³-hybridized carbons (Fsp3) is 0.667. The molecule has 1 aromatic rings. The molecule has 0 saturated carbocycles. The molecule has 0 spiro atoms. The molecule has 5 nitrogen and oxygen atoms in total. The second-order valence-electron chi connectivity index (χ2n) is 4.37. The summed E-state index contributed by atoms with van der Waals surface area (Å²) in [7, 11) is 0. The molecule has 0 bridgehead atoms. The fourth-order valence-electron chi connectivity index (χ4n) is 1.84. The molecule has 0 aliphatic carbocycles. The van der Waals surface area contributed by atoms with Crippen LogP contribution in [0.3, 0.4) is 0 Å². The third kappa shape index (κ3) is 3.30. The first-order valence-electron chi connectivity index (χ1n) is 6.02. The highest BCUT2D eigenvalue weighted by molar-refractivity contribution is 5.78. The molecule has 2 N–H and O–H groups in total. The van der Waals surface area contributed by atoms with Gasteiger partial charge in [-0.05, 0) is 20.3 Å². The summed E-state index contributed by atoms with van der Waals surface area (Å²) in [5.74, 6) is 0.0602. The van der Waals surface area contributed by atoms with Crippen LogP contribution in [-0.2, 0) is 17.9 Å². The number of carbonyl (C=O) groups is 1. The molecule has 1 rings (SSSR count). The molecule has 1 atom stereocenters. The van der Waals surface area contributed by atoms with E-state index < -0.39 is 11.5 Å². The average Bonchev–Trinajstić information content (AvgIpc) is 2.74. The SMILES string of the molecule is CCCC(C)(NCc1nccn1CC)C(=O)O. The Kier molecular flexibility index (Phi) is 4.69. The molecule has 1 aromatic heterocycles. The Labute approximate surface area is 102 Å². The number of hydrogen-bond acceptors (Lipinski definition) is 3. The number of carboxylic acid groups (broad SMARTS) is 1. The lowest BCUT2D eigenvalue weighted by Crippen LogP contribution is -2.49. The summed E-state index contributed by atoms with van der Waals surface area (Å²) in [5, 5.41) is 12.3. The molecule has 0 saturated heterocycles. The van der Waals surface area contributed by atoms with Crippen LogP contribution >= 0.6 is 0 Å². The number of carboxylic acids is 1. The van der Waals surface area contributed by atoms with Gasteiger partial charge in [0.15, 0.2) is 0 Å². The van der Waals surface area contributed by atoms with E-state index >= 15 is 0 Å². The molecular formula is C12H21N3O2. The van der Waals surface area contributed by atoms with Crippen LogP contribution in [-0.4, -0.2) is 26.2 Å². The van der Waals surface area contributed by atoms with Gasteiger partial charge in [-0.2, -0.15) is 0 Å². The monoisotopic (exact) mass is 239 g/mol. The van der Waals surface area contributed by atoms with Gasteiger partial charge in [0.05, 0.1) is 6.54 Å². The van der Waals surface area contributed by atoms with Crippen molar-refractivity contribution in [2.75, 3.05) is 0 Å². The fourth-order valence-corrected chi connectivity index (χ4v) is 1.84. The Morgan fingerprint density at radius 3 is 2.82 bits per heavy atom. The predicted octanol–water partition coefficient (Wildman–Crippen LogP) is 1.64. The van der Waals surface area contributed by atoms with Gasteiger partial charge in [-0.25, -0.2) is 4.98 Å². The van der Waals surface area contributed by atoms with Crippen molar-refractivity contribution < 1.29 is 9.90 Å². The van der Waals surface area contributed by atoms with Crippen molar-refractivity contribution in [2.45, 2.75) is 52.2 Å². The van der Waals surface area contributed by atoms with E-state index in [9.17, 15) is 9.90 Å². The van der Waals surface area contributed by atoms with E-state index in [4.69, 9.17) is 0 Å². The Morgan fingerprint density at radius 1 is 1.59 bits per heavy atom. The molecule has 0 fully saturated rings. The zero-order valence-electron chi connectivity index (χ0n) is 10.7. The van der Waals surface area contributed by atoms with Crippen LogP contribution in [0.5, 0.6) is 0 Å². The smallest absolute Gasteiger partial charge is 0.323 e. The summed E-state index contributed by atoms with van der Waals surface area (Å²) >= 11 is 0. The summed E-state index contributed by atoms with van der Waals surface area (Å²) in [6, 6.07) is 0. The van der Waals surface area contributed by atoms with E-state index in [2.05, 4.69) is 10.3 Å². The molecule has 96 valence electrons. The Morgan fingerprint density at radius 2 is 2.29 bits per heavy atom. The van der Waals surface area contributed by atoms with Gasteiger partial charge >= 0.3 is 5.97 Å². The van der Waals surface area contributed by atoms with E-state index in [1.165, 1.54) is 0 Å². The number of imidazole rings is 1. The maximum atomic E-state index is 11.2. The Balaban J connectivity index is 2.67. The van der Waals surface area contributed by atoms with Crippen LogP contribution in [0.4, 0.5) is 0 Å². The number of aromatic nitrogens is 2. The molecule has 0 radical (unpaired) electrons. The van der Waals surface area contributed by atoms with Gasteiger partial charge in [0.2, 0.25) is 0 Å². The minimum Gasteiger partial charge on any atom is -0.480 e. The molecule has 5 heteroatoms. The zero-order chi connectivity index (χ0) is 12.9. The number of hydrogen-bond donors (Lipinski definition) is 2. The lowest BCUT2D eigenvalue weighted by molar-refractivity contribution is -0.144. The van der Waals surface area contributed by atoms with Crippen molar-refractivity contribution in [2.24, 2.45) is 0 Å². The molecule has 0 aromatic carbocycles. The molecule has 1 heterocycles. The van der Waals surface area contributed by atoms with E-state index in [-0.39, 0.29) is 0 Å². The van der Waals surface area contributed by atoms with Crippen molar-refractivity contribution in [3.8, 4) is 0 Å². The second kappa shape index (κ2) is 5.82. The van der Waals surface area contributed by atoms with Crippen LogP contribution in [0.1, 0.15) is 39.4 Å². The lowest BCUT2D eigenvalue weighted by Gasteiger charge is -2.25. The van der Waals surface area contributed by atoms with E-state index in [0.29, 0.717) is 13.0 Å². The standard InChI is InChI=1S/C12H21N3O2/c1-4-6-12(3,11(16)17)14-9-10-13-7-8-15(10)5-2/h7-8,14H,4-6,9H2,1-3H3,(H,16,17). The first-order chi connectivity index (χ1) is 8.03. The van der Waals surface area contributed by atoms with Gasteiger partial charge in [0.25, 0.3) is 0 Å². The molecule has 17 heavy (non-hydrogen) atoms. The number of nitrogens with zero attached hydrogens (tertiary/aromatic N) is 2. The van der Waals surface area contributed by atoms with Crippen molar-refractivity contribution in [3.63, 3.8) is 0 Å². The number of aryl methyl sites for hydroxylation is 1. The highest BCUT2D eigenvalue weighted by Gasteiger charge is 2.31. The maximum absolute atomic E-state index is 11.2.